The molecule has 2 saturated heterocycles. The fourth-order valence-electron chi connectivity index (χ4n) is 5.62. The predicted octanol–water partition coefficient (Wildman–Crippen LogP) is 5.10. The number of halogens is 1. The highest BCUT2D eigenvalue weighted by Gasteiger charge is 2.39. The maximum absolute atomic E-state index is 13.8. The molecule has 0 unspecified atom stereocenters. The fraction of sp³-hybridized carbons (Fsp3) is 0.367. The Hall–Kier alpha value is -3.98. The number of fused-ring (bicyclic) bond motifs is 2. The lowest BCUT2D eigenvalue weighted by Gasteiger charge is -2.33. The van der Waals surface area contributed by atoms with E-state index in [0.29, 0.717) is 66.0 Å². The molecule has 4 aromatic rings. The van der Waals surface area contributed by atoms with Crippen molar-refractivity contribution in [2.24, 2.45) is 0 Å². The molecular weight excluding hydrogens is 530 g/mol. The van der Waals surface area contributed by atoms with Crippen LogP contribution in [-0.4, -0.2) is 55.8 Å². The van der Waals surface area contributed by atoms with Crippen LogP contribution in [0.15, 0.2) is 53.6 Å². The first-order valence-corrected chi connectivity index (χ1v) is 14.0. The predicted molar refractivity (Wildman–Crippen MR) is 150 cm³/mol. The average molecular weight is 558 g/mol. The molecule has 3 fully saturated rings. The molecule has 0 radical (unpaired) electrons. The van der Waals surface area contributed by atoms with Gasteiger partial charge in [0, 0.05) is 53.8 Å². The number of aromatic nitrogens is 4. The molecule has 2 aromatic carbocycles. The van der Waals surface area contributed by atoms with Gasteiger partial charge in [0.1, 0.15) is 30.1 Å². The molecule has 0 bridgehead atoms. The molecule has 2 atom stereocenters. The smallest absolute Gasteiger partial charge is 0.410 e. The summed E-state index contributed by atoms with van der Waals surface area (Å²) in [4.78, 5) is 41.6. The molecule has 4 heterocycles. The Bertz CT molecular complexity index is 1670. The number of nitrogens with zero attached hydrogens (tertiary/aromatic N) is 5. The van der Waals surface area contributed by atoms with Crippen molar-refractivity contribution in [3.8, 4) is 16.9 Å². The van der Waals surface area contributed by atoms with E-state index < -0.39 is 0 Å². The second kappa shape index (κ2) is 9.89. The summed E-state index contributed by atoms with van der Waals surface area (Å²) >= 11 is 6.05. The lowest BCUT2D eigenvalue weighted by Crippen LogP contribution is -2.44. The molecule has 1 amide bonds. The Morgan fingerprint density at radius 1 is 1.07 bits per heavy atom. The van der Waals surface area contributed by atoms with Gasteiger partial charge in [0.2, 0.25) is 0 Å². The minimum atomic E-state index is -0.259. The zero-order valence-electron chi connectivity index (χ0n) is 22.0. The molecule has 0 N–H and O–H groups in total. The molecule has 2 aromatic heterocycles. The van der Waals surface area contributed by atoms with Gasteiger partial charge in [0.25, 0.3) is 5.56 Å². The summed E-state index contributed by atoms with van der Waals surface area (Å²) in [5.74, 6) is 2.51. The van der Waals surface area contributed by atoms with Crippen molar-refractivity contribution >= 4 is 28.6 Å². The minimum absolute atomic E-state index is 0.00256. The number of hydrogen-bond donors (Lipinski definition) is 0. The number of carbonyl (C=O) groups excluding carboxylic acids is 1. The summed E-state index contributed by atoms with van der Waals surface area (Å²) in [5.41, 5.74) is 3.00. The number of benzene rings is 2. The highest BCUT2D eigenvalue weighted by Crippen LogP contribution is 2.39. The van der Waals surface area contributed by atoms with Gasteiger partial charge in [-0.3, -0.25) is 9.36 Å². The molecule has 40 heavy (non-hydrogen) atoms. The van der Waals surface area contributed by atoms with Gasteiger partial charge in [0.15, 0.2) is 0 Å². The van der Waals surface area contributed by atoms with Crippen LogP contribution in [0.5, 0.6) is 5.75 Å². The van der Waals surface area contributed by atoms with Crippen molar-refractivity contribution in [2.75, 3.05) is 13.2 Å². The van der Waals surface area contributed by atoms with Crippen molar-refractivity contribution in [2.45, 2.75) is 57.2 Å². The number of rotatable bonds is 6. The highest BCUT2D eigenvalue weighted by atomic mass is 35.5. The number of piperidine rings is 1. The summed E-state index contributed by atoms with van der Waals surface area (Å²) < 4.78 is 13.5. The summed E-state index contributed by atoms with van der Waals surface area (Å²) in [6, 6.07) is 11.1. The summed E-state index contributed by atoms with van der Waals surface area (Å²) in [5, 5.41) is 1.12. The van der Waals surface area contributed by atoms with Gasteiger partial charge in [-0.25, -0.2) is 19.7 Å². The maximum Gasteiger partial charge on any atom is 0.410 e. The van der Waals surface area contributed by atoms with Gasteiger partial charge < -0.3 is 14.4 Å². The van der Waals surface area contributed by atoms with Crippen molar-refractivity contribution in [1.82, 2.24) is 24.4 Å². The van der Waals surface area contributed by atoms with Crippen molar-refractivity contribution in [3.63, 3.8) is 0 Å². The Morgan fingerprint density at radius 2 is 1.85 bits per heavy atom. The zero-order valence-corrected chi connectivity index (χ0v) is 22.8. The maximum atomic E-state index is 13.8. The SMILES string of the molecule is Cc1nc2cc(-c3cnc(C4CC4)nc3)c(O[C@H]3CCN4C(=O)OC[C@@H]4C3)cc2c(=O)n1Cc1ccc(Cl)cc1. The van der Waals surface area contributed by atoms with E-state index in [4.69, 9.17) is 26.1 Å². The van der Waals surface area contributed by atoms with Gasteiger partial charge in [-0.15, -0.1) is 0 Å². The van der Waals surface area contributed by atoms with Gasteiger partial charge >= 0.3 is 6.09 Å². The third kappa shape index (κ3) is 4.68. The molecule has 9 nitrogen and oxygen atoms in total. The van der Waals surface area contributed by atoms with E-state index >= 15 is 0 Å². The van der Waals surface area contributed by atoms with E-state index in [1.165, 1.54) is 0 Å². The molecule has 3 aliphatic rings. The topological polar surface area (TPSA) is 99.4 Å². The minimum Gasteiger partial charge on any atom is -0.490 e. The van der Waals surface area contributed by atoms with Crippen LogP contribution in [0.2, 0.25) is 5.02 Å². The number of aryl methyl sites for hydroxylation is 1. The number of cyclic esters (lactones) is 1. The lowest BCUT2D eigenvalue weighted by atomic mass is 10.00. The Balaban J connectivity index is 1.28. The van der Waals surface area contributed by atoms with E-state index in [-0.39, 0.29) is 23.8 Å². The van der Waals surface area contributed by atoms with Crippen LogP contribution in [0.1, 0.15) is 48.8 Å². The van der Waals surface area contributed by atoms with Crippen LogP contribution in [0, 0.1) is 6.92 Å². The monoisotopic (exact) mass is 557 g/mol. The summed E-state index contributed by atoms with van der Waals surface area (Å²) in [7, 11) is 0. The van der Waals surface area contributed by atoms with Gasteiger partial charge in [-0.2, -0.15) is 0 Å². The zero-order chi connectivity index (χ0) is 27.4. The second-order valence-corrected chi connectivity index (χ2v) is 11.3. The fourth-order valence-corrected chi connectivity index (χ4v) is 5.75. The van der Waals surface area contributed by atoms with Crippen molar-refractivity contribution in [1.29, 1.82) is 0 Å². The van der Waals surface area contributed by atoms with E-state index in [1.54, 1.807) is 15.5 Å². The van der Waals surface area contributed by atoms with Crippen molar-refractivity contribution in [3.05, 3.63) is 81.4 Å². The van der Waals surface area contributed by atoms with E-state index in [9.17, 15) is 9.59 Å². The highest BCUT2D eigenvalue weighted by molar-refractivity contribution is 6.30. The molecule has 10 heteroatoms. The van der Waals surface area contributed by atoms with Gasteiger partial charge in [0.05, 0.1) is 23.5 Å². The second-order valence-electron chi connectivity index (χ2n) is 10.8. The summed E-state index contributed by atoms with van der Waals surface area (Å²) in [6.45, 7) is 3.17. The number of hydrogen-bond acceptors (Lipinski definition) is 7. The average Bonchev–Trinajstić information content (AvgIpc) is 3.75. The lowest BCUT2D eigenvalue weighted by molar-refractivity contribution is 0.0941. The third-order valence-electron chi connectivity index (χ3n) is 8.02. The molecule has 1 aliphatic carbocycles. The van der Waals surface area contributed by atoms with Gasteiger partial charge in [-0.05, 0) is 49.6 Å². The first-order valence-electron chi connectivity index (χ1n) is 13.6. The van der Waals surface area contributed by atoms with Crippen LogP contribution >= 0.6 is 11.6 Å². The normalized spacial score (nSPS) is 20.4. The van der Waals surface area contributed by atoms with Crippen LogP contribution in [-0.2, 0) is 11.3 Å². The van der Waals surface area contributed by atoms with Crippen LogP contribution < -0.4 is 10.3 Å². The largest absolute Gasteiger partial charge is 0.490 e. The number of amides is 1. The van der Waals surface area contributed by atoms with Crippen LogP contribution in [0.4, 0.5) is 4.79 Å². The Labute approximate surface area is 235 Å². The quantitative estimate of drug-likeness (QED) is 0.325. The first-order chi connectivity index (χ1) is 19.4. The molecule has 0 spiro atoms. The molecule has 7 rings (SSSR count). The molecular formula is C30H28ClN5O4. The van der Waals surface area contributed by atoms with Crippen molar-refractivity contribution < 1.29 is 14.3 Å². The standard InChI is InChI=1S/C30H28ClN5O4/c1-17-34-26-11-24(20-13-32-28(33-14-20)19-4-5-19)27(40-23-8-9-35-22(10-23)16-39-30(35)38)12-25(26)29(37)36(17)15-18-2-6-21(31)7-3-18/h2-3,6-7,11-14,19,22-23H,4-5,8-10,15-16H2,1H3/t22-,23-/m0/s1. The first kappa shape index (κ1) is 25.0. The van der Waals surface area contributed by atoms with E-state index in [1.807, 2.05) is 49.6 Å². The molecule has 2 aliphatic heterocycles. The Morgan fingerprint density at radius 3 is 2.60 bits per heavy atom. The molecule has 1 saturated carbocycles. The third-order valence-corrected chi connectivity index (χ3v) is 8.27. The molecule has 204 valence electrons. The Kier molecular flexibility index (Phi) is 6.19. The summed E-state index contributed by atoms with van der Waals surface area (Å²) in [6.07, 6.45) is 6.85. The van der Waals surface area contributed by atoms with Crippen LogP contribution in [0.3, 0.4) is 0 Å². The number of carbonyl (C=O) groups is 1. The van der Waals surface area contributed by atoms with Crippen LogP contribution in [0.25, 0.3) is 22.0 Å². The van der Waals surface area contributed by atoms with E-state index in [2.05, 4.69) is 9.97 Å². The van der Waals surface area contributed by atoms with Gasteiger partial charge in [-0.1, -0.05) is 23.7 Å². The van der Waals surface area contributed by atoms with E-state index in [0.717, 1.165) is 35.4 Å². The number of ether oxygens (including phenoxy) is 2.